The summed E-state index contributed by atoms with van der Waals surface area (Å²) in [4.78, 5) is 26.0. The number of esters is 2. The number of rotatable bonds is 6. The molecule has 0 radical (unpaired) electrons. The minimum atomic E-state index is -1.00. The fourth-order valence-electron chi connectivity index (χ4n) is 4.44. The lowest BCUT2D eigenvalue weighted by Crippen LogP contribution is -2.33. The Morgan fingerprint density at radius 3 is 1.89 bits per heavy atom. The number of fused-ring (bicyclic) bond motifs is 3. The minimum absolute atomic E-state index is 0.0947. The van der Waals surface area contributed by atoms with Crippen molar-refractivity contribution in [1.82, 2.24) is 0 Å². The first-order valence-electron chi connectivity index (χ1n) is 11.8. The van der Waals surface area contributed by atoms with E-state index in [1.165, 1.54) is 0 Å². The molecule has 174 valence electrons. The highest BCUT2D eigenvalue weighted by Gasteiger charge is 2.29. The molecule has 35 heavy (non-hydrogen) atoms. The highest BCUT2D eigenvalue weighted by Crippen LogP contribution is 2.29. The number of hydrogen-bond acceptors (Lipinski definition) is 4. The third-order valence-corrected chi connectivity index (χ3v) is 6.30. The predicted octanol–water partition coefficient (Wildman–Crippen LogP) is 7.07. The molecule has 0 spiro atoms. The fourth-order valence-corrected chi connectivity index (χ4v) is 4.44. The molecule has 5 rings (SSSR count). The Balaban J connectivity index is 1.37. The average molecular weight is 463 g/mol. The zero-order valence-electron chi connectivity index (χ0n) is 19.7. The molecule has 0 aliphatic rings. The first-order valence-corrected chi connectivity index (χ1v) is 11.8. The van der Waals surface area contributed by atoms with Crippen LogP contribution in [-0.4, -0.2) is 18.0 Å². The number of carbonyl (C=O) groups is 2. The molecule has 0 saturated carbocycles. The zero-order chi connectivity index (χ0) is 24.4. The van der Waals surface area contributed by atoms with E-state index in [0.717, 1.165) is 37.9 Å². The monoisotopic (exact) mass is 462 g/mol. The Hall–Kier alpha value is -4.18. The van der Waals surface area contributed by atoms with E-state index in [4.69, 9.17) is 9.47 Å². The second kappa shape index (κ2) is 9.59. The Morgan fingerprint density at radius 2 is 1.26 bits per heavy atom. The van der Waals surface area contributed by atoms with Gasteiger partial charge >= 0.3 is 11.9 Å². The molecule has 5 aromatic carbocycles. The van der Waals surface area contributed by atoms with Crippen LogP contribution in [0.15, 0.2) is 97.1 Å². The van der Waals surface area contributed by atoms with Crippen molar-refractivity contribution in [2.45, 2.75) is 26.6 Å². The van der Waals surface area contributed by atoms with Crippen LogP contribution in [0.3, 0.4) is 0 Å². The van der Waals surface area contributed by atoms with Gasteiger partial charge in [-0.1, -0.05) is 92.7 Å². The van der Waals surface area contributed by atoms with Crippen molar-refractivity contribution < 1.29 is 19.1 Å². The van der Waals surface area contributed by atoms with Gasteiger partial charge < -0.3 is 9.47 Å². The summed E-state index contributed by atoms with van der Waals surface area (Å²) >= 11 is 0. The van der Waals surface area contributed by atoms with Crippen LogP contribution >= 0.6 is 0 Å². The van der Waals surface area contributed by atoms with Gasteiger partial charge in [0.25, 0.3) is 0 Å². The largest absolute Gasteiger partial charge is 0.458 e. The second-order valence-electron chi connectivity index (χ2n) is 9.04. The SMILES string of the molecule is CC(C)[C@H](OC(=O)c1ccc2ccccc2c1)C(=O)OCc1c2ccccc2cc2ccccc12. The highest BCUT2D eigenvalue weighted by molar-refractivity contribution is 6.02. The molecule has 0 aromatic heterocycles. The van der Waals surface area contributed by atoms with Crippen LogP contribution < -0.4 is 0 Å². The molecule has 0 bridgehead atoms. The molecule has 0 amide bonds. The summed E-state index contributed by atoms with van der Waals surface area (Å²) in [5.41, 5.74) is 1.35. The second-order valence-corrected chi connectivity index (χ2v) is 9.04. The molecular formula is C31H26O4. The van der Waals surface area contributed by atoms with Crippen molar-refractivity contribution in [3.05, 3.63) is 108 Å². The topological polar surface area (TPSA) is 52.6 Å². The molecule has 4 nitrogen and oxygen atoms in total. The summed E-state index contributed by atoms with van der Waals surface area (Å²) in [5.74, 6) is -1.33. The van der Waals surface area contributed by atoms with Gasteiger partial charge in [-0.05, 0) is 50.5 Å². The molecule has 0 N–H and O–H groups in total. The maximum Gasteiger partial charge on any atom is 0.348 e. The molecule has 0 saturated heterocycles. The van der Waals surface area contributed by atoms with Gasteiger partial charge in [0.2, 0.25) is 6.10 Å². The zero-order valence-corrected chi connectivity index (χ0v) is 19.7. The van der Waals surface area contributed by atoms with Crippen LogP contribution in [0.4, 0.5) is 0 Å². The predicted molar refractivity (Wildman–Crippen MR) is 139 cm³/mol. The summed E-state index contributed by atoms with van der Waals surface area (Å²) < 4.78 is 11.4. The summed E-state index contributed by atoms with van der Waals surface area (Å²) in [6.45, 7) is 3.78. The molecule has 0 aliphatic carbocycles. The summed E-state index contributed by atoms with van der Waals surface area (Å²) in [5, 5.41) is 6.21. The first-order chi connectivity index (χ1) is 17.0. The summed E-state index contributed by atoms with van der Waals surface area (Å²) in [6.07, 6.45) is -1.00. The smallest absolute Gasteiger partial charge is 0.348 e. The van der Waals surface area contributed by atoms with Gasteiger partial charge in [0, 0.05) is 11.5 Å². The Bertz CT molecular complexity index is 1500. The Morgan fingerprint density at radius 1 is 0.686 bits per heavy atom. The molecule has 5 aromatic rings. The van der Waals surface area contributed by atoms with Gasteiger partial charge in [-0.3, -0.25) is 0 Å². The normalized spacial score (nSPS) is 12.2. The van der Waals surface area contributed by atoms with Crippen LogP contribution in [-0.2, 0) is 20.9 Å². The number of hydrogen-bond donors (Lipinski definition) is 0. The third-order valence-electron chi connectivity index (χ3n) is 6.30. The Kier molecular flexibility index (Phi) is 6.19. The van der Waals surface area contributed by atoms with Gasteiger partial charge in [-0.15, -0.1) is 0 Å². The van der Waals surface area contributed by atoms with Gasteiger partial charge in [0.1, 0.15) is 6.61 Å². The molecule has 1 atom stereocenters. The van der Waals surface area contributed by atoms with Crippen LogP contribution in [0.5, 0.6) is 0 Å². The maximum absolute atomic E-state index is 13.1. The highest BCUT2D eigenvalue weighted by atomic mass is 16.6. The van der Waals surface area contributed by atoms with E-state index in [0.29, 0.717) is 5.56 Å². The maximum atomic E-state index is 13.1. The van der Waals surface area contributed by atoms with E-state index < -0.39 is 18.0 Å². The van der Waals surface area contributed by atoms with Crippen molar-refractivity contribution in [2.75, 3.05) is 0 Å². The Labute approximate surface area is 204 Å². The van der Waals surface area contributed by atoms with Gasteiger partial charge in [-0.25, -0.2) is 9.59 Å². The first kappa shape index (κ1) is 22.6. The molecule has 0 fully saturated rings. The van der Waals surface area contributed by atoms with E-state index in [1.807, 2.05) is 80.6 Å². The molecule has 4 heteroatoms. The number of carbonyl (C=O) groups excluding carboxylic acids is 2. The van der Waals surface area contributed by atoms with Gasteiger partial charge in [0.15, 0.2) is 0 Å². The lowest BCUT2D eigenvalue weighted by atomic mass is 9.97. The van der Waals surface area contributed by atoms with Crippen LogP contribution in [0.1, 0.15) is 29.8 Å². The minimum Gasteiger partial charge on any atom is -0.458 e. The van der Waals surface area contributed by atoms with Crippen molar-refractivity contribution in [2.24, 2.45) is 5.92 Å². The van der Waals surface area contributed by atoms with E-state index in [1.54, 1.807) is 12.1 Å². The fraction of sp³-hybridized carbons (Fsp3) is 0.161. The van der Waals surface area contributed by atoms with E-state index in [-0.39, 0.29) is 12.5 Å². The standard InChI is InChI=1S/C31H26O4/c1-20(2)29(35-30(32)25-16-15-21-9-3-4-10-22(21)17-25)31(33)34-19-28-26-13-7-5-11-23(26)18-24-12-6-8-14-27(24)28/h3-18,20,29H,19H2,1-2H3/t29-/m0/s1. The van der Waals surface area contributed by atoms with E-state index in [9.17, 15) is 9.59 Å². The summed E-state index contributed by atoms with van der Waals surface area (Å²) in [6, 6.07) is 31.4. The van der Waals surface area contributed by atoms with E-state index >= 15 is 0 Å². The number of benzene rings is 5. The molecule has 0 unspecified atom stereocenters. The molecule has 0 aliphatic heterocycles. The lowest BCUT2D eigenvalue weighted by molar-refractivity contribution is -0.157. The van der Waals surface area contributed by atoms with Crippen LogP contribution in [0, 0.1) is 5.92 Å². The number of ether oxygens (including phenoxy) is 2. The molecule has 0 heterocycles. The third kappa shape index (κ3) is 4.60. The van der Waals surface area contributed by atoms with Crippen LogP contribution in [0.25, 0.3) is 32.3 Å². The van der Waals surface area contributed by atoms with Crippen molar-refractivity contribution >= 4 is 44.3 Å². The molecular weight excluding hydrogens is 436 g/mol. The average Bonchev–Trinajstić information content (AvgIpc) is 2.88. The van der Waals surface area contributed by atoms with Crippen molar-refractivity contribution in [1.29, 1.82) is 0 Å². The van der Waals surface area contributed by atoms with Crippen molar-refractivity contribution in [3.8, 4) is 0 Å². The summed E-state index contributed by atoms with van der Waals surface area (Å²) in [7, 11) is 0. The van der Waals surface area contributed by atoms with Gasteiger partial charge in [0.05, 0.1) is 5.56 Å². The lowest BCUT2D eigenvalue weighted by Gasteiger charge is -2.21. The van der Waals surface area contributed by atoms with Gasteiger partial charge in [-0.2, -0.15) is 0 Å². The van der Waals surface area contributed by atoms with Crippen molar-refractivity contribution in [3.63, 3.8) is 0 Å². The van der Waals surface area contributed by atoms with E-state index in [2.05, 4.69) is 18.2 Å². The van der Waals surface area contributed by atoms with Crippen LogP contribution in [0.2, 0.25) is 0 Å². The quantitative estimate of drug-likeness (QED) is 0.200.